The van der Waals surface area contributed by atoms with Crippen LogP contribution in [0.5, 0.6) is 0 Å². The summed E-state index contributed by atoms with van der Waals surface area (Å²) in [6.45, 7) is 4.68. The Morgan fingerprint density at radius 2 is 1.93 bits per heavy atom. The topological polar surface area (TPSA) is 0 Å². The molecule has 0 nitrogen and oxygen atoms in total. The molecule has 0 spiro atoms. The summed E-state index contributed by atoms with van der Waals surface area (Å²) in [7, 11) is 5.68. The molecular weight excluding hydrogens is 212 g/mol. The van der Waals surface area contributed by atoms with Crippen LogP contribution in [0.4, 0.5) is 0 Å². The van der Waals surface area contributed by atoms with E-state index in [1.165, 1.54) is 32.1 Å². The maximum absolute atomic E-state index is 6.52. The van der Waals surface area contributed by atoms with Gasteiger partial charge in [-0.1, -0.05) is 43.8 Å². The van der Waals surface area contributed by atoms with Crippen molar-refractivity contribution in [2.45, 2.75) is 51.2 Å². The molecule has 1 rings (SSSR count). The SMILES string of the molecule is CCCCC1CC(C)C(S(C)(C)Cl)C1. The van der Waals surface area contributed by atoms with Gasteiger partial charge in [0.1, 0.15) is 0 Å². The maximum Gasteiger partial charge on any atom is 0.00373 e. The van der Waals surface area contributed by atoms with E-state index in [1.807, 2.05) is 0 Å². The molecule has 3 atom stereocenters. The summed E-state index contributed by atoms with van der Waals surface area (Å²) in [5.41, 5.74) is 0. The summed E-state index contributed by atoms with van der Waals surface area (Å²) >= 11 is 0. The van der Waals surface area contributed by atoms with Crippen LogP contribution in [0.1, 0.15) is 46.0 Å². The Labute approximate surface area is 95.6 Å². The molecule has 1 fully saturated rings. The smallest absolute Gasteiger partial charge is 0.00373 e. The summed E-state index contributed by atoms with van der Waals surface area (Å²) in [5.74, 6) is 1.83. The molecule has 0 amide bonds. The van der Waals surface area contributed by atoms with Gasteiger partial charge in [0.05, 0.1) is 0 Å². The third-order valence-corrected chi connectivity index (χ3v) is 6.37. The van der Waals surface area contributed by atoms with Crippen LogP contribution in [0.15, 0.2) is 0 Å². The lowest BCUT2D eigenvalue weighted by Gasteiger charge is -2.33. The van der Waals surface area contributed by atoms with Crippen molar-refractivity contribution < 1.29 is 0 Å². The molecular formula is C12H25ClS. The van der Waals surface area contributed by atoms with E-state index in [9.17, 15) is 0 Å². The Kier molecular flexibility index (Phi) is 4.64. The van der Waals surface area contributed by atoms with Crippen LogP contribution in [0.2, 0.25) is 0 Å². The van der Waals surface area contributed by atoms with Gasteiger partial charge in [-0.3, -0.25) is 0 Å². The minimum Gasteiger partial charge on any atom is -0.166 e. The van der Waals surface area contributed by atoms with E-state index in [1.54, 1.807) is 0 Å². The van der Waals surface area contributed by atoms with Crippen molar-refractivity contribution in [3.8, 4) is 0 Å². The van der Waals surface area contributed by atoms with Gasteiger partial charge in [0.15, 0.2) is 0 Å². The highest BCUT2D eigenvalue weighted by Crippen LogP contribution is 2.59. The molecule has 0 aliphatic heterocycles. The first kappa shape index (κ1) is 12.7. The lowest BCUT2D eigenvalue weighted by Crippen LogP contribution is -2.15. The molecule has 86 valence electrons. The molecule has 0 aromatic rings. The Morgan fingerprint density at radius 1 is 1.29 bits per heavy atom. The molecule has 1 aliphatic rings. The average molecular weight is 237 g/mol. The van der Waals surface area contributed by atoms with Crippen LogP contribution in [0.25, 0.3) is 0 Å². The highest BCUT2D eigenvalue weighted by molar-refractivity contribution is 8.50. The van der Waals surface area contributed by atoms with Crippen LogP contribution in [-0.4, -0.2) is 17.8 Å². The van der Waals surface area contributed by atoms with Gasteiger partial charge in [-0.05, 0) is 37.2 Å². The van der Waals surface area contributed by atoms with Crippen LogP contribution in [-0.2, 0) is 0 Å². The Balaban J connectivity index is 2.43. The van der Waals surface area contributed by atoms with Crippen molar-refractivity contribution in [1.29, 1.82) is 0 Å². The predicted molar refractivity (Wildman–Crippen MR) is 70.5 cm³/mol. The first-order valence-corrected chi connectivity index (χ1v) is 9.20. The summed E-state index contributed by atoms with van der Waals surface area (Å²) in [4.78, 5) is 0. The average Bonchev–Trinajstić information content (AvgIpc) is 2.42. The normalized spacial score (nSPS) is 34.8. The Bertz CT molecular complexity index is 174. The zero-order chi connectivity index (χ0) is 10.8. The Morgan fingerprint density at radius 3 is 2.36 bits per heavy atom. The zero-order valence-electron chi connectivity index (χ0n) is 10.1. The van der Waals surface area contributed by atoms with Crippen LogP contribution in [0.3, 0.4) is 0 Å². The predicted octanol–water partition coefficient (Wildman–Crippen LogP) is 4.81. The molecule has 0 saturated heterocycles. The van der Waals surface area contributed by atoms with E-state index in [-0.39, 0.29) is 0 Å². The van der Waals surface area contributed by atoms with Gasteiger partial charge in [0.25, 0.3) is 0 Å². The van der Waals surface area contributed by atoms with Gasteiger partial charge < -0.3 is 0 Å². The zero-order valence-corrected chi connectivity index (χ0v) is 11.6. The molecule has 0 bridgehead atoms. The minimum absolute atomic E-state index is 0.811. The van der Waals surface area contributed by atoms with E-state index in [2.05, 4.69) is 26.4 Å². The fourth-order valence-corrected chi connectivity index (χ4v) is 5.54. The van der Waals surface area contributed by atoms with E-state index in [4.69, 9.17) is 10.7 Å². The van der Waals surface area contributed by atoms with Crippen molar-refractivity contribution in [2.75, 3.05) is 12.5 Å². The van der Waals surface area contributed by atoms with Crippen molar-refractivity contribution in [2.24, 2.45) is 11.8 Å². The second-order valence-electron chi connectivity index (χ2n) is 5.27. The van der Waals surface area contributed by atoms with Gasteiger partial charge in [-0.2, -0.15) is 9.24 Å². The largest absolute Gasteiger partial charge is 0.166 e. The fourth-order valence-electron chi connectivity index (χ4n) is 2.84. The van der Waals surface area contributed by atoms with Gasteiger partial charge in [0, 0.05) is 5.25 Å². The quantitative estimate of drug-likeness (QED) is 0.657. The molecule has 14 heavy (non-hydrogen) atoms. The van der Waals surface area contributed by atoms with E-state index >= 15 is 0 Å². The summed E-state index contributed by atoms with van der Waals surface area (Å²) in [6.07, 6.45) is 11.5. The van der Waals surface area contributed by atoms with E-state index < -0.39 is 9.24 Å². The number of rotatable bonds is 4. The van der Waals surface area contributed by atoms with E-state index in [0.717, 1.165) is 17.1 Å². The monoisotopic (exact) mass is 236 g/mol. The standard InChI is InChI=1S/C12H25ClS/c1-5-6-7-11-8-10(2)12(9-11)14(3,4)13/h10-12H,5-9H2,1-4H3. The number of unbranched alkanes of at least 4 members (excludes halogenated alkanes) is 1. The van der Waals surface area contributed by atoms with Crippen LogP contribution < -0.4 is 0 Å². The lowest BCUT2D eigenvalue weighted by atomic mass is 10.00. The first-order chi connectivity index (χ1) is 6.45. The van der Waals surface area contributed by atoms with Crippen molar-refractivity contribution in [1.82, 2.24) is 0 Å². The van der Waals surface area contributed by atoms with Gasteiger partial charge in [-0.15, -0.1) is 0 Å². The van der Waals surface area contributed by atoms with Crippen molar-refractivity contribution in [3.63, 3.8) is 0 Å². The van der Waals surface area contributed by atoms with Crippen molar-refractivity contribution in [3.05, 3.63) is 0 Å². The second kappa shape index (κ2) is 5.12. The number of halogens is 1. The molecule has 0 radical (unpaired) electrons. The molecule has 2 heteroatoms. The number of hydrogen-bond acceptors (Lipinski definition) is 0. The molecule has 1 saturated carbocycles. The maximum atomic E-state index is 6.52. The Hall–Kier alpha value is 0.640. The third-order valence-electron chi connectivity index (χ3n) is 3.59. The first-order valence-electron chi connectivity index (χ1n) is 5.87. The van der Waals surface area contributed by atoms with Crippen LogP contribution in [0, 0.1) is 11.8 Å². The molecule has 0 aromatic carbocycles. The number of hydrogen-bond donors (Lipinski definition) is 0. The fraction of sp³-hybridized carbons (Fsp3) is 1.00. The van der Waals surface area contributed by atoms with Crippen LogP contribution >= 0.6 is 19.9 Å². The lowest BCUT2D eigenvalue weighted by molar-refractivity contribution is 0.461. The summed E-state index contributed by atoms with van der Waals surface area (Å²) in [5, 5.41) is 0.811. The highest BCUT2D eigenvalue weighted by Gasteiger charge is 2.36. The molecule has 0 aromatic heterocycles. The van der Waals surface area contributed by atoms with Gasteiger partial charge in [0.2, 0.25) is 0 Å². The van der Waals surface area contributed by atoms with Gasteiger partial charge in [-0.25, -0.2) is 0 Å². The summed E-state index contributed by atoms with van der Waals surface area (Å²) < 4.78 is 0. The van der Waals surface area contributed by atoms with E-state index in [0.29, 0.717) is 0 Å². The highest BCUT2D eigenvalue weighted by atomic mass is 35.7. The molecule has 0 heterocycles. The minimum atomic E-state index is -0.837. The molecule has 1 aliphatic carbocycles. The molecule has 3 unspecified atom stereocenters. The molecule has 0 N–H and O–H groups in total. The third kappa shape index (κ3) is 3.34. The van der Waals surface area contributed by atoms with Gasteiger partial charge >= 0.3 is 0 Å². The van der Waals surface area contributed by atoms with Crippen molar-refractivity contribution >= 4 is 19.9 Å². The summed E-state index contributed by atoms with van der Waals surface area (Å²) in [6, 6.07) is 0. The second-order valence-corrected chi connectivity index (χ2v) is 10.8.